The average Bonchev–Trinajstić information content (AvgIpc) is 2.46. The third kappa shape index (κ3) is 2.37. The first-order valence-corrected chi connectivity index (χ1v) is 6.88. The van der Waals surface area contributed by atoms with Crippen molar-refractivity contribution in [3.05, 3.63) is 59.2 Å². The fourth-order valence-electron chi connectivity index (χ4n) is 2.96. The Bertz CT molecular complexity index is 607. The van der Waals surface area contributed by atoms with Crippen LogP contribution in [0.2, 0.25) is 0 Å². The number of methoxy groups -OCH3 is 1. The van der Waals surface area contributed by atoms with Crippen molar-refractivity contribution in [1.82, 2.24) is 4.90 Å². The molecule has 0 amide bonds. The summed E-state index contributed by atoms with van der Waals surface area (Å²) in [6, 6.07) is 14.6. The molecule has 0 fully saturated rings. The summed E-state index contributed by atoms with van der Waals surface area (Å²) in [5.41, 5.74) is 10.7. The minimum Gasteiger partial charge on any atom is -0.497 e. The van der Waals surface area contributed by atoms with Gasteiger partial charge in [-0.15, -0.1) is 0 Å². The van der Waals surface area contributed by atoms with Crippen LogP contribution < -0.4 is 10.5 Å². The molecular formula is C17H20N2O. The lowest BCUT2D eigenvalue weighted by Crippen LogP contribution is -2.30. The van der Waals surface area contributed by atoms with Crippen LogP contribution in [-0.2, 0) is 6.54 Å². The second kappa shape index (κ2) is 5.17. The zero-order valence-corrected chi connectivity index (χ0v) is 12.0. The third-order valence-electron chi connectivity index (χ3n) is 4.00. The van der Waals surface area contributed by atoms with Crippen LogP contribution in [-0.4, -0.2) is 25.6 Å². The van der Waals surface area contributed by atoms with Gasteiger partial charge in [-0.3, -0.25) is 0 Å². The molecule has 0 bridgehead atoms. The van der Waals surface area contributed by atoms with Gasteiger partial charge in [-0.2, -0.15) is 0 Å². The number of nitrogens with two attached hydrogens (primary N) is 1. The van der Waals surface area contributed by atoms with Gasteiger partial charge in [0.05, 0.1) is 7.11 Å². The number of nitrogen functional groups attached to an aromatic ring is 1. The number of fused-ring (bicyclic) bond motifs is 1. The molecule has 20 heavy (non-hydrogen) atoms. The van der Waals surface area contributed by atoms with E-state index in [0.717, 1.165) is 24.5 Å². The molecule has 3 heteroatoms. The normalized spacial score (nSPS) is 18.6. The topological polar surface area (TPSA) is 38.5 Å². The predicted octanol–water partition coefficient (Wildman–Crippen LogP) is 2.85. The summed E-state index contributed by atoms with van der Waals surface area (Å²) >= 11 is 0. The van der Waals surface area contributed by atoms with Crippen molar-refractivity contribution in [2.24, 2.45) is 0 Å². The first-order chi connectivity index (χ1) is 9.67. The molecule has 2 aromatic carbocycles. The lowest BCUT2D eigenvalue weighted by Gasteiger charge is -2.33. The van der Waals surface area contributed by atoms with Gasteiger partial charge in [0.2, 0.25) is 0 Å². The Morgan fingerprint density at radius 2 is 1.90 bits per heavy atom. The second-order valence-corrected chi connectivity index (χ2v) is 5.48. The Morgan fingerprint density at radius 1 is 1.15 bits per heavy atom. The highest BCUT2D eigenvalue weighted by Gasteiger charge is 2.24. The molecule has 3 nitrogen and oxygen atoms in total. The van der Waals surface area contributed by atoms with E-state index in [1.807, 2.05) is 12.1 Å². The first-order valence-electron chi connectivity index (χ1n) is 6.88. The number of benzene rings is 2. The van der Waals surface area contributed by atoms with Crippen LogP contribution in [0.4, 0.5) is 5.69 Å². The largest absolute Gasteiger partial charge is 0.497 e. The SMILES string of the molecule is COc1ccc2c(c1)CN(C)CC2c1ccc(N)cc1. The lowest BCUT2D eigenvalue weighted by atomic mass is 9.84. The Hall–Kier alpha value is -2.00. The van der Waals surface area contributed by atoms with E-state index in [9.17, 15) is 0 Å². The van der Waals surface area contributed by atoms with Crippen LogP contribution in [0.15, 0.2) is 42.5 Å². The number of nitrogens with zero attached hydrogens (tertiary/aromatic N) is 1. The molecule has 1 atom stereocenters. The summed E-state index contributed by atoms with van der Waals surface area (Å²) in [6.07, 6.45) is 0. The van der Waals surface area contributed by atoms with Crippen molar-refractivity contribution in [3.63, 3.8) is 0 Å². The quantitative estimate of drug-likeness (QED) is 0.851. The summed E-state index contributed by atoms with van der Waals surface area (Å²) in [4.78, 5) is 2.35. The van der Waals surface area contributed by atoms with E-state index in [1.54, 1.807) is 7.11 Å². The lowest BCUT2D eigenvalue weighted by molar-refractivity contribution is 0.294. The zero-order valence-electron chi connectivity index (χ0n) is 12.0. The smallest absolute Gasteiger partial charge is 0.119 e. The van der Waals surface area contributed by atoms with Crippen LogP contribution in [0.1, 0.15) is 22.6 Å². The monoisotopic (exact) mass is 268 g/mol. The summed E-state index contributed by atoms with van der Waals surface area (Å²) in [5.74, 6) is 1.32. The number of rotatable bonds is 2. The standard InChI is InChI=1S/C17H20N2O/c1-19-10-13-9-15(20-2)7-8-16(13)17(11-19)12-3-5-14(18)6-4-12/h3-9,17H,10-11,18H2,1-2H3. The van der Waals surface area contributed by atoms with E-state index in [-0.39, 0.29) is 0 Å². The predicted molar refractivity (Wildman–Crippen MR) is 82.0 cm³/mol. The van der Waals surface area contributed by atoms with Gasteiger partial charge in [0, 0.05) is 24.7 Å². The van der Waals surface area contributed by atoms with Crippen molar-refractivity contribution < 1.29 is 4.74 Å². The molecule has 0 spiro atoms. The number of hydrogen-bond donors (Lipinski definition) is 1. The van der Waals surface area contributed by atoms with E-state index in [4.69, 9.17) is 10.5 Å². The van der Waals surface area contributed by atoms with Crippen molar-refractivity contribution >= 4 is 5.69 Å². The molecule has 2 N–H and O–H groups in total. The van der Waals surface area contributed by atoms with E-state index < -0.39 is 0 Å². The molecule has 0 aliphatic carbocycles. The third-order valence-corrected chi connectivity index (χ3v) is 4.00. The summed E-state index contributed by atoms with van der Waals surface area (Å²) in [7, 11) is 3.87. The summed E-state index contributed by atoms with van der Waals surface area (Å²) < 4.78 is 5.34. The number of hydrogen-bond acceptors (Lipinski definition) is 3. The van der Waals surface area contributed by atoms with Crippen LogP contribution >= 0.6 is 0 Å². The van der Waals surface area contributed by atoms with Gasteiger partial charge in [-0.25, -0.2) is 0 Å². The van der Waals surface area contributed by atoms with Crippen molar-refractivity contribution in [3.8, 4) is 5.75 Å². The molecule has 1 aliphatic rings. The number of likely N-dealkylation sites (N-methyl/N-ethyl adjacent to an activating group) is 1. The maximum absolute atomic E-state index is 5.79. The van der Waals surface area contributed by atoms with Crippen LogP contribution in [0.25, 0.3) is 0 Å². The average molecular weight is 268 g/mol. The molecule has 0 saturated carbocycles. The molecule has 2 aromatic rings. The molecule has 1 heterocycles. The molecular weight excluding hydrogens is 248 g/mol. The second-order valence-electron chi connectivity index (χ2n) is 5.48. The van der Waals surface area contributed by atoms with Gasteiger partial charge in [0.25, 0.3) is 0 Å². The molecule has 104 valence electrons. The molecule has 0 radical (unpaired) electrons. The molecule has 3 rings (SSSR count). The number of ether oxygens (including phenoxy) is 1. The highest BCUT2D eigenvalue weighted by atomic mass is 16.5. The minimum atomic E-state index is 0.398. The van der Waals surface area contributed by atoms with E-state index in [1.165, 1.54) is 16.7 Å². The fraction of sp³-hybridized carbons (Fsp3) is 0.294. The minimum absolute atomic E-state index is 0.398. The van der Waals surface area contributed by atoms with E-state index >= 15 is 0 Å². The van der Waals surface area contributed by atoms with Gasteiger partial charge >= 0.3 is 0 Å². The molecule has 1 unspecified atom stereocenters. The van der Waals surface area contributed by atoms with Gasteiger partial charge in [0.15, 0.2) is 0 Å². The van der Waals surface area contributed by atoms with E-state index in [0.29, 0.717) is 5.92 Å². The Morgan fingerprint density at radius 3 is 2.60 bits per heavy atom. The molecule has 0 aromatic heterocycles. The Balaban J connectivity index is 2.03. The van der Waals surface area contributed by atoms with Crippen LogP contribution in [0.5, 0.6) is 5.75 Å². The maximum Gasteiger partial charge on any atom is 0.119 e. The van der Waals surface area contributed by atoms with Crippen molar-refractivity contribution in [2.45, 2.75) is 12.5 Å². The first kappa shape index (κ1) is 13.0. The number of anilines is 1. The Kier molecular flexibility index (Phi) is 3.36. The van der Waals surface area contributed by atoms with Crippen molar-refractivity contribution in [2.75, 3.05) is 26.4 Å². The van der Waals surface area contributed by atoms with Crippen LogP contribution in [0, 0.1) is 0 Å². The highest BCUT2D eigenvalue weighted by Crippen LogP contribution is 2.35. The van der Waals surface area contributed by atoms with Gasteiger partial charge in [-0.05, 0) is 48.0 Å². The van der Waals surface area contributed by atoms with Gasteiger partial charge < -0.3 is 15.4 Å². The van der Waals surface area contributed by atoms with Crippen molar-refractivity contribution in [1.29, 1.82) is 0 Å². The zero-order chi connectivity index (χ0) is 14.1. The van der Waals surface area contributed by atoms with Gasteiger partial charge in [0.1, 0.15) is 5.75 Å². The molecule has 0 saturated heterocycles. The maximum atomic E-state index is 5.79. The fourth-order valence-corrected chi connectivity index (χ4v) is 2.96. The summed E-state index contributed by atoms with van der Waals surface area (Å²) in [6.45, 7) is 2.00. The Labute approximate surface area is 120 Å². The molecule has 1 aliphatic heterocycles. The van der Waals surface area contributed by atoms with E-state index in [2.05, 4.69) is 42.3 Å². The highest BCUT2D eigenvalue weighted by molar-refractivity contribution is 5.47. The summed E-state index contributed by atoms with van der Waals surface area (Å²) in [5, 5.41) is 0. The van der Waals surface area contributed by atoms with Gasteiger partial charge in [-0.1, -0.05) is 18.2 Å². The van der Waals surface area contributed by atoms with Crippen LogP contribution in [0.3, 0.4) is 0 Å².